The molecule has 5 nitrogen and oxygen atoms in total. The summed E-state index contributed by atoms with van der Waals surface area (Å²) < 4.78 is 5.70. The molecule has 2 heterocycles. The Hall–Kier alpha value is -3.08. The van der Waals surface area contributed by atoms with Crippen molar-refractivity contribution in [2.45, 2.75) is 13.0 Å². The van der Waals surface area contributed by atoms with Crippen LogP contribution in [0, 0.1) is 0 Å². The minimum absolute atomic E-state index is 0.584. The maximum atomic E-state index is 5.70. The molecule has 2 aromatic carbocycles. The van der Waals surface area contributed by atoms with Crippen molar-refractivity contribution in [1.82, 2.24) is 9.97 Å². The van der Waals surface area contributed by atoms with E-state index in [-0.39, 0.29) is 0 Å². The summed E-state index contributed by atoms with van der Waals surface area (Å²) in [6.45, 7) is 3.14. The molecule has 132 valence electrons. The third-order valence-corrected chi connectivity index (χ3v) is 4.53. The van der Waals surface area contributed by atoms with Gasteiger partial charge in [-0.15, -0.1) is 0 Å². The van der Waals surface area contributed by atoms with Gasteiger partial charge in [0.25, 0.3) is 0 Å². The highest BCUT2D eigenvalue weighted by atomic mass is 16.5. The van der Waals surface area contributed by atoms with Gasteiger partial charge in [0.1, 0.15) is 30.3 Å². The van der Waals surface area contributed by atoms with Crippen molar-refractivity contribution in [3.63, 3.8) is 0 Å². The second kappa shape index (κ2) is 7.87. The Morgan fingerprint density at radius 1 is 0.962 bits per heavy atom. The normalized spacial score (nSPS) is 13.2. The van der Waals surface area contributed by atoms with Gasteiger partial charge in [-0.25, -0.2) is 9.97 Å². The molecule has 1 aromatic heterocycles. The number of ether oxygens (including phenoxy) is 1. The maximum Gasteiger partial charge on any atom is 0.134 e. The fourth-order valence-electron chi connectivity index (χ4n) is 3.17. The molecule has 1 aliphatic rings. The van der Waals surface area contributed by atoms with Crippen LogP contribution in [-0.4, -0.2) is 29.7 Å². The van der Waals surface area contributed by atoms with Gasteiger partial charge in [0, 0.05) is 19.2 Å². The highest BCUT2D eigenvalue weighted by Gasteiger charge is 2.17. The quantitative estimate of drug-likeness (QED) is 0.692. The number of benzene rings is 2. The molecule has 0 aliphatic carbocycles. The second-order valence-corrected chi connectivity index (χ2v) is 6.29. The lowest BCUT2D eigenvalue weighted by molar-refractivity contribution is 0.333. The van der Waals surface area contributed by atoms with E-state index in [4.69, 9.17) is 4.74 Å². The van der Waals surface area contributed by atoms with Gasteiger partial charge in [0.15, 0.2) is 0 Å². The zero-order valence-electron chi connectivity index (χ0n) is 14.6. The first kappa shape index (κ1) is 16.4. The van der Waals surface area contributed by atoms with Crippen LogP contribution in [0.5, 0.6) is 5.75 Å². The molecule has 0 fully saturated rings. The van der Waals surface area contributed by atoms with Gasteiger partial charge in [0.2, 0.25) is 0 Å². The Balaban J connectivity index is 1.34. The molecule has 0 unspecified atom stereocenters. The van der Waals surface area contributed by atoms with Gasteiger partial charge in [-0.3, -0.25) is 0 Å². The standard InChI is InChI=1S/C21H22N4O/c1-2-8-19(9-3-1)26-13-11-22-20-14-21(24-16-23-20)25-12-10-17-6-4-5-7-18(17)15-25/h1-9,14,16H,10-13,15H2,(H,22,23,24). The van der Waals surface area contributed by atoms with Crippen LogP contribution in [0.3, 0.4) is 0 Å². The first-order valence-electron chi connectivity index (χ1n) is 8.94. The van der Waals surface area contributed by atoms with E-state index in [2.05, 4.69) is 44.5 Å². The van der Waals surface area contributed by atoms with Gasteiger partial charge >= 0.3 is 0 Å². The Kier molecular flexibility index (Phi) is 4.96. The smallest absolute Gasteiger partial charge is 0.134 e. The van der Waals surface area contributed by atoms with E-state index in [1.807, 2.05) is 36.4 Å². The second-order valence-electron chi connectivity index (χ2n) is 6.29. The number of aromatic nitrogens is 2. The SMILES string of the molecule is c1ccc(OCCNc2cc(N3CCc4ccccc4C3)ncn2)cc1. The Labute approximate surface area is 153 Å². The van der Waals surface area contributed by atoms with E-state index in [9.17, 15) is 0 Å². The molecule has 0 atom stereocenters. The average Bonchev–Trinajstić information content (AvgIpc) is 2.72. The van der Waals surface area contributed by atoms with Crippen LogP contribution < -0.4 is 15.0 Å². The average molecular weight is 346 g/mol. The van der Waals surface area contributed by atoms with Crippen LogP contribution in [0.25, 0.3) is 0 Å². The monoisotopic (exact) mass is 346 g/mol. The summed E-state index contributed by atoms with van der Waals surface area (Å²) in [7, 11) is 0. The van der Waals surface area contributed by atoms with Crippen molar-refractivity contribution in [3.05, 3.63) is 78.1 Å². The summed E-state index contributed by atoms with van der Waals surface area (Å²) in [5.74, 6) is 2.66. The van der Waals surface area contributed by atoms with Crippen LogP contribution in [-0.2, 0) is 13.0 Å². The lowest BCUT2D eigenvalue weighted by atomic mass is 10.00. The summed E-state index contributed by atoms with van der Waals surface area (Å²) in [4.78, 5) is 11.1. The molecule has 26 heavy (non-hydrogen) atoms. The molecule has 5 heteroatoms. The van der Waals surface area contributed by atoms with E-state index in [1.165, 1.54) is 11.1 Å². The number of rotatable bonds is 6. The van der Waals surface area contributed by atoms with Crippen LogP contribution in [0.1, 0.15) is 11.1 Å². The molecule has 3 aromatic rings. The maximum absolute atomic E-state index is 5.70. The predicted molar refractivity (Wildman–Crippen MR) is 104 cm³/mol. The molecular formula is C21H22N4O. The molecular weight excluding hydrogens is 324 g/mol. The van der Waals surface area contributed by atoms with Gasteiger partial charge in [-0.05, 0) is 29.7 Å². The van der Waals surface area contributed by atoms with Crippen LogP contribution in [0.2, 0.25) is 0 Å². The third-order valence-electron chi connectivity index (χ3n) is 4.53. The fraction of sp³-hybridized carbons (Fsp3) is 0.238. The van der Waals surface area contributed by atoms with Gasteiger partial charge in [-0.2, -0.15) is 0 Å². The van der Waals surface area contributed by atoms with Crippen molar-refractivity contribution in [1.29, 1.82) is 0 Å². The molecule has 4 rings (SSSR count). The Morgan fingerprint density at radius 2 is 1.77 bits per heavy atom. The number of fused-ring (bicyclic) bond motifs is 1. The third kappa shape index (κ3) is 3.94. The first-order valence-corrected chi connectivity index (χ1v) is 8.94. The molecule has 1 N–H and O–H groups in total. The van der Waals surface area contributed by atoms with Crippen LogP contribution >= 0.6 is 0 Å². The molecule has 1 aliphatic heterocycles. The van der Waals surface area contributed by atoms with E-state index in [1.54, 1.807) is 6.33 Å². The van der Waals surface area contributed by atoms with Crippen LogP contribution in [0.4, 0.5) is 11.6 Å². The van der Waals surface area contributed by atoms with Crippen molar-refractivity contribution in [3.8, 4) is 5.75 Å². The number of para-hydroxylation sites is 1. The van der Waals surface area contributed by atoms with E-state index in [0.29, 0.717) is 13.2 Å². The minimum atomic E-state index is 0.584. The number of hydrogen-bond acceptors (Lipinski definition) is 5. The van der Waals surface area contributed by atoms with Crippen molar-refractivity contribution in [2.24, 2.45) is 0 Å². The molecule has 0 saturated carbocycles. The lowest BCUT2D eigenvalue weighted by Gasteiger charge is -2.29. The predicted octanol–water partition coefficient (Wildman–Crippen LogP) is 3.53. The molecule has 0 amide bonds. The largest absolute Gasteiger partial charge is 0.492 e. The van der Waals surface area contributed by atoms with Crippen molar-refractivity contribution >= 4 is 11.6 Å². The summed E-state index contributed by atoms with van der Waals surface area (Å²) in [6.07, 6.45) is 2.67. The van der Waals surface area contributed by atoms with Crippen molar-refractivity contribution < 1.29 is 4.74 Å². The number of hydrogen-bond donors (Lipinski definition) is 1. The van der Waals surface area contributed by atoms with Gasteiger partial charge < -0.3 is 15.0 Å². The Bertz CT molecular complexity index is 853. The van der Waals surface area contributed by atoms with Crippen LogP contribution in [0.15, 0.2) is 67.0 Å². The zero-order chi connectivity index (χ0) is 17.6. The lowest BCUT2D eigenvalue weighted by Crippen LogP contribution is -2.31. The summed E-state index contributed by atoms with van der Waals surface area (Å²) >= 11 is 0. The molecule has 0 radical (unpaired) electrons. The van der Waals surface area contributed by atoms with E-state index >= 15 is 0 Å². The fourth-order valence-corrected chi connectivity index (χ4v) is 3.17. The van der Waals surface area contributed by atoms with Gasteiger partial charge in [0.05, 0.1) is 6.54 Å². The molecule has 0 bridgehead atoms. The van der Waals surface area contributed by atoms with Gasteiger partial charge in [-0.1, -0.05) is 42.5 Å². The summed E-state index contributed by atoms with van der Waals surface area (Å²) in [6, 6.07) is 20.5. The number of nitrogens with one attached hydrogen (secondary N) is 1. The highest BCUT2D eigenvalue weighted by molar-refractivity contribution is 5.50. The van der Waals surface area contributed by atoms with E-state index in [0.717, 1.165) is 36.9 Å². The number of nitrogens with zero attached hydrogens (tertiary/aromatic N) is 3. The van der Waals surface area contributed by atoms with Crippen molar-refractivity contribution in [2.75, 3.05) is 29.9 Å². The summed E-state index contributed by atoms with van der Waals surface area (Å²) in [5, 5.41) is 3.31. The first-order chi connectivity index (χ1) is 12.9. The molecule has 0 spiro atoms. The zero-order valence-corrected chi connectivity index (χ0v) is 14.6. The molecule has 0 saturated heterocycles. The Morgan fingerprint density at radius 3 is 2.65 bits per heavy atom. The van der Waals surface area contributed by atoms with E-state index < -0.39 is 0 Å². The highest BCUT2D eigenvalue weighted by Crippen LogP contribution is 2.23. The minimum Gasteiger partial charge on any atom is -0.492 e. The number of anilines is 2. The topological polar surface area (TPSA) is 50.3 Å². The summed E-state index contributed by atoms with van der Waals surface area (Å²) in [5.41, 5.74) is 2.82.